The number of hydrogen-bond donors (Lipinski definition) is 3. The van der Waals surface area contributed by atoms with Crippen molar-refractivity contribution in [2.24, 2.45) is 5.73 Å². The number of nitrogens with two attached hydrogens (primary N) is 1. The van der Waals surface area contributed by atoms with Gasteiger partial charge in [0, 0.05) is 13.0 Å². The number of phosphoric acid groups is 1. The Morgan fingerprint density at radius 1 is 0.544 bits per heavy atom. The Hall–Kier alpha value is -1.55. The second-order valence-corrected chi connectivity index (χ2v) is 17.3. The molecule has 0 bridgehead atoms. The van der Waals surface area contributed by atoms with E-state index < -0.39 is 45.1 Å². The van der Waals surface area contributed by atoms with Gasteiger partial charge in [-0.05, 0) is 64.2 Å². The zero-order valence-electron chi connectivity index (χ0n) is 36.7. The maximum atomic E-state index is 12.6. The van der Waals surface area contributed by atoms with Crippen molar-refractivity contribution in [3.05, 3.63) is 24.3 Å². The Bertz CT molecular complexity index is 1010. The first-order valence-electron chi connectivity index (χ1n) is 23.4. The minimum Gasteiger partial charge on any atom is -0.480 e. The molecule has 3 atom stereocenters. The molecule has 336 valence electrons. The van der Waals surface area contributed by atoms with Crippen molar-refractivity contribution in [1.29, 1.82) is 0 Å². The topological polar surface area (TPSA) is 155 Å². The number of carboxylic acids is 1. The third-order valence-corrected chi connectivity index (χ3v) is 11.2. The number of hydrogen-bond acceptors (Lipinski definition) is 8. The quantitative estimate of drug-likeness (QED) is 0.0234. The van der Waals surface area contributed by atoms with Crippen molar-refractivity contribution in [2.75, 3.05) is 26.4 Å². The Balaban J connectivity index is 4.19. The Morgan fingerprint density at radius 2 is 0.912 bits per heavy atom. The number of aliphatic carboxylic acids is 1. The predicted octanol–water partition coefficient (Wildman–Crippen LogP) is 13.1. The fourth-order valence-electron chi connectivity index (χ4n) is 6.53. The summed E-state index contributed by atoms with van der Waals surface area (Å²) in [6, 6.07) is -1.47. The van der Waals surface area contributed by atoms with Crippen molar-refractivity contribution in [1.82, 2.24) is 0 Å². The van der Waals surface area contributed by atoms with E-state index in [9.17, 15) is 19.0 Å². The van der Waals surface area contributed by atoms with Crippen LogP contribution in [0.3, 0.4) is 0 Å². The number of allylic oxidation sites excluding steroid dienone is 4. The van der Waals surface area contributed by atoms with Gasteiger partial charge in [-0.3, -0.25) is 18.6 Å². The van der Waals surface area contributed by atoms with Gasteiger partial charge in [-0.2, -0.15) is 0 Å². The lowest BCUT2D eigenvalue weighted by Crippen LogP contribution is -2.34. The summed E-state index contributed by atoms with van der Waals surface area (Å²) in [4.78, 5) is 33.6. The average molecular weight is 830 g/mol. The van der Waals surface area contributed by atoms with Gasteiger partial charge in [0.1, 0.15) is 12.1 Å². The molecule has 0 aliphatic heterocycles. The van der Waals surface area contributed by atoms with Crippen LogP contribution in [0.25, 0.3) is 0 Å². The van der Waals surface area contributed by atoms with Crippen LogP contribution in [0.15, 0.2) is 24.3 Å². The maximum absolute atomic E-state index is 12.6. The minimum absolute atomic E-state index is 0.0159. The first-order valence-corrected chi connectivity index (χ1v) is 24.9. The highest BCUT2D eigenvalue weighted by Crippen LogP contribution is 2.43. The van der Waals surface area contributed by atoms with Gasteiger partial charge in [0.2, 0.25) is 0 Å². The highest BCUT2D eigenvalue weighted by atomic mass is 31.2. The van der Waals surface area contributed by atoms with E-state index in [4.69, 9.17) is 29.4 Å². The van der Waals surface area contributed by atoms with Crippen molar-refractivity contribution in [3.63, 3.8) is 0 Å². The lowest BCUT2D eigenvalue weighted by atomic mass is 10.1. The number of phosphoric ester groups is 1. The van der Waals surface area contributed by atoms with Crippen LogP contribution in [0.5, 0.6) is 0 Å². The van der Waals surface area contributed by atoms with Crippen LogP contribution < -0.4 is 5.73 Å². The zero-order chi connectivity index (χ0) is 41.9. The third kappa shape index (κ3) is 42.4. The first-order chi connectivity index (χ1) is 27.7. The molecule has 0 radical (unpaired) electrons. The van der Waals surface area contributed by atoms with Gasteiger partial charge in [-0.1, -0.05) is 173 Å². The summed E-state index contributed by atoms with van der Waals surface area (Å²) in [5.74, 6) is -1.78. The van der Waals surface area contributed by atoms with E-state index in [1.165, 1.54) is 148 Å². The minimum atomic E-state index is -4.62. The number of esters is 1. The normalized spacial score (nSPS) is 14.0. The molecule has 0 aliphatic rings. The molecule has 3 unspecified atom stereocenters. The number of ether oxygens (including phenoxy) is 2. The highest BCUT2D eigenvalue weighted by Gasteiger charge is 2.27. The molecule has 0 heterocycles. The van der Waals surface area contributed by atoms with E-state index in [0.717, 1.165) is 44.9 Å². The number of carbonyl (C=O) groups excluding carboxylic acids is 1. The van der Waals surface area contributed by atoms with Crippen LogP contribution in [0, 0.1) is 0 Å². The second kappa shape index (κ2) is 42.6. The summed E-state index contributed by atoms with van der Waals surface area (Å²) < 4.78 is 33.4. The Morgan fingerprint density at radius 3 is 1.33 bits per heavy atom. The summed E-state index contributed by atoms with van der Waals surface area (Å²) in [6.45, 7) is 3.89. The fourth-order valence-corrected chi connectivity index (χ4v) is 7.31. The first kappa shape index (κ1) is 55.5. The molecular formula is C46H88NO9P. The molecule has 0 saturated carbocycles. The summed E-state index contributed by atoms with van der Waals surface area (Å²) >= 11 is 0. The number of unbranched alkanes of at least 4 members (excludes halogenated alkanes) is 27. The lowest BCUT2D eigenvalue weighted by Gasteiger charge is -2.20. The lowest BCUT2D eigenvalue weighted by molar-refractivity contribution is -0.154. The van der Waals surface area contributed by atoms with E-state index in [1.807, 2.05) is 0 Å². The molecule has 0 amide bonds. The summed E-state index contributed by atoms with van der Waals surface area (Å²) in [7, 11) is -4.62. The summed E-state index contributed by atoms with van der Waals surface area (Å²) in [6.07, 6.45) is 46.5. The fraction of sp³-hybridized carbons (Fsp3) is 0.870. The molecular weight excluding hydrogens is 741 g/mol. The SMILES string of the molecule is CCCCCCCC/C=C\CCCCCCCCCCOCC(COP(=O)(O)OCC(N)C(=O)O)OC(=O)CCCCCCCCC/C=C\CCCCCCCC. The van der Waals surface area contributed by atoms with Gasteiger partial charge in [0.15, 0.2) is 0 Å². The van der Waals surface area contributed by atoms with Crippen molar-refractivity contribution < 1.29 is 42.7 Å². The summed E-state index contributed by atoms with van der Waals surface area (Å²) in [5, 5.41) is 8.91. The van der Waals surface area contributed by atoms with Gasteiger partial charge < -0.3 is 25.2 Å². The molecule has 0 saturated heterocycles. The van der Waals surface area contributed by atoms with Gasteiger partial charge in [0.05, 0.1) is 19.8 Å². The second-order valence-electron chi connectivity index (χ2n) is 15.9. The molecule has 0 aromatic carbocycles. The Kier molecular flexibility index (Phi) is 41.4. The maximum Gasteiger partial charge on any atom is 0.472 e. The van der Waals surface area contributed by atoms with E-state index in [1.54, 1.807) is 0 Å². The van der Waals surface area contributed by atoms with Crippen LogP contribution in [0.2, 0.25) is 0 Å². The molecule has 57 heavy (non-hydrogen) atoms. The van der Waals surface area contributed by atoms with E-state index in [0.29, 0.717) is 13.0 Å². The van der Waals surface area contributed by atoms with Gasteiger partial charge in [-0.25, -0.2) is 4.57 Å². The molecule has 10 nitrogen and oxygen atoms in total. The average Bonchev–Trinajstić information content (AvgIpc) is 3.19. The van der Waals surface area contributed by atoms with Crippen LogP contribution in [0.4, 0.5) is 0 Å². The van der Waals surface area contributed by atoms with Gasteiger partial charge >= 0.3 is 19.8 Å². The molecule has 0 spiro atoms. The number of carbonyl (C=O) groups is 2. The van der Waals surface area contributed by atoms with Gasteiger partial charge in [0.25, 0.3) is 0 Å². The molecule has 0 aromatic rings. The van der Waals surface area contributed by atoms with Crippen molar-refractivity contribution in [2.45, 2.75) is 231 Å². The molecule has 4 N–H and O–H groups in total. The molecule has 0 aliphatic carbocycles. The largest absolute Gasteiger partial charge is 0.480 e. The highest BCUT2D eigenvalue weighted by molar-refractivity contribution is 7.47. The monoisotopic (exact) mass is 830 g/mol. The van der Waals surface area contributed by atoms with Crippen LogP contribution in [-0.4, -0.2) is 60.5 Å². The van der Waals surface area contributed by atoms with Gasteiger partial charge in [-0.15, -0.1) is 0 Å². The number of carboxylic acid groups (broad SMARTS) is 1. The predicted molar refractivity (Wildman–Crippen MR) is 235 cm³/mol. The van der Waals surface area contributed by atoms with Crippen molar-refractivity contribution >= 4 is 19.8 Å². The third-order valence-electron chi connectivity index (χ3n) is 10.2. The van der Waals surface area contributed by atoms with E-state index in [-0.39, 0.29) is 13.0 Å². The molecule has 0 fully saturated rings. The molecule has 0 aromatic heterocycles. The molecule has 11 heteroatoms. The van der Waals surface area contributed by atoms with Crippen LogP contribution in [-0.2, 0) is 32.7 Å². The number of rotatable bonds is 45. The van der Waals surface area contributed by atoms with E-state index >= 15 is 0 Å². The smallest absolute Gasteiger partial charge is 0.472 e. The van der Waals surface area contributed by atoms with Crippen molar-refractivity contribution in [3.8, 4) is 0 Å². The zero-order valence-corrected chi connectivity index (χ0v) is 37.6. The standard InChI is InChI=1S/C46H88NO9P/c1-3-5-7-9-11-13-15-17-19-21-23-25-27-29-31-33-35-37-39-53-40-43(41-54-57(51,52)55-42-44(47)46(49)50)56-45(48)38-36-34-32-30-28-26-24-22-20-18-16-14-12-10-8-6-4-2/h17-20,43-44H,3-16,21-42,47H2,1-2H3,(H,49,50)(H,51,52)/b19-17-,20-18-. The van der Waals surface area contributed by atoms with Crippen LogP contribution >= 0.6 is 7.82 Å². The van der Waals surface area contributed by atoms with Crippen LogP contribution in [0.1, 0.15) is 219 Å². The molecule has 0 rings (SSSR count). The van der Waals surface area contributed by atoms with E-state index in [2.05, 4.69) is 38.2 Å². The Labute approximate surface area is 349 Å². The summed E-state index contributed by atoms with van der Waals surface area (Å²) in [5.41, 5.74) is 5.36.